The van der Waals surface area contributed by atoms with Gasteiger partial charge in [0.15, 0.2) is 0 Å². The Morgan fingerprint density at radius 1 is 1.56 bits per heavy atom. The van der Waals surface area contributed by atoms with Crippen LogP contribution in [0, 0.1) is 0 Å². The predicted molar refractivity (Wildman–Crippen MR) is 68.1 cm³/mol. The Bertz CT molecular complexity index is 319. The lowest BCUT2D eigenvalue weighted by Crippen LogP contribution is -2.37. The largest absolute Gasteiger partial charge is 0.387 e. The second-order valence-electron chi connectivity index (χ2n) is 3.93. The molecule has 0 spiro atoms. The van der Waals surface area contributed by atoms with Crippen LogP contribution in [0.15, 0.2) is 12.1 Å². The van der Waals surface area contributed by atoms with E-state index in [1.165, 1.54) is 11.3 Å². The van der Waals surface area contributed by atoms with Gasteiger partial charge in [0.25, 0.3) is 0 Å². The first-order chi connectivity index (χ1) is 7.59. The quantitative estimate of drug-likeness (QED) is 0.792. The number of rotatable bonds is 7. The molecular weight excluding hydrogens is 246 g/mol. The molecule has 0 amide bonds. The smallest absolute Gasteiger partial charge is 0.0931 e. The van der Waals surface area contributed by atoms with Gasteiger partial charge in [0.2, 0.25) is 0 Å². The fraction of sp³-hybridized carbons (Fsp3) is 0.636. The van der Waals surface area contributed by atoms with E-state index in [4.69, 9.17) is 22.1 Å². The Balaban J connectivity index is 2.62. The van der Waals surface area contributed by atoms with E-state index in [0.29, 0.717) is 26.0 Å². The Morgan fingerprint density at radius 2 is 2.31 bits per heavy atom. The third-order valence-electron chi connectivity index (χ3n) is 2.39. The van der Waals surface area contributed by atoms with E-state index in [9.17, 15) is 5.11 Å². The minimum Gasteiger partial charge on any atom is -0.387 e. The zero-order valence-electron chi connectivity index (χ0n) is 9.41. The first-order valence-corrected chi connectivity index (χ1v) is 6.45. The first-order valence-electron chi connectivity index (χ1n) is 5.25. The molecule has 1 atom stereocenters. The molecule has 0 aliphatic rings. The summed E-state index contributed by atoms with van der Waals surface area (Å²) in [6.45, 7) is 0.903. The van der Waals surface area contributed by atoms with Gasteiger partial charge in [-0.3, -0.25) is 0 Å². The summed E-state index contributed by atoms with van der Waals surface area (Å²) in [6.07, 6.45) is 2.00. The summed E-state index contributed by atoms with van der Waals surface area (Å²) in [4.78, 5) is 1.07. The topological polar surface area (TPSA) is 55.5 Å². The van der Waals surface area contributed by atoms with Crippen molar-refractivity contribution in [3.8, 4) is 0 Å². The van der Waals surface area contributed by atoms with Gasteiger partial charge in [-0.2, -0.15) is 0 Å². The predicted octanol–water partition coefficient (Wildman–Crippen LogP) is 2.06. The molecular formula is C11H18ClNO2S. The number of halogens is 1. The van der Waals surface area contributed by atoms with Crippen molar-refractivity contribution in [3.05, 3.63) is 21.3 Å². The molecule has 0 aliphatic heterocycles. The summed E-state index contributed by atoms with van der Waals surface area (Å²) in [5.74, 6) is 0. The highest BCUT2D eigenvalue weighted by molar-refractivity contribution is 7.16. The minimum absolute atomic E-state index is 0.322. The maximum absolute atomic E-state index is 10.4. The van der Waals surface area contributed by atoms with Gasteiger partial charge in [0.05, 0.1) is 16.5 Å². The number of hydrogen-bond acceptors (Lipinski definition) is 4. The average Bonchev–Trinajstić information content (AvgIpc) is 2.61. The Labute approximate surface area is 105 Å². The van der Waals surface area contributed by atoms with Crippen molar-refractivity contribution < 1.29 is 9.84 Å². The third-order valence-corrected chi connectivity index (χ3v) is 3.62. The van der Waals surface area contributed by atoms with Crippen LogP contribution in [0.4, 0.5) is 0 Å². The lowest BCUT2D eigenvalue weighted by molar-refractivity contribution is -0.0370. The van der Waals surface area contributed by atoms with Crippen LogP contribution in [-0.2, 0) is 11.2 Å². The summed E-state index contributed by atoms with van der Waals surface area (Å²) in [5, 5.41) is 10.4. The first kappa shape index (κ1) is 13.9. The molecule has 3 nitrogen and oxygen atoms in total. The van der Waals surface area contributed by atoms with Crippen LogP contribution in [0.3, 0.4) is 0 Å². The van der Waals surface area contributed by atoms with E-state index in [-0.39, 0.29) is 0 Å². The van der Waals surface area contributed by atoms with Crippen LogP contribution in [0.5, 0.6) is 0 Å². The molecule has 0 aromatic carbocycles. The third kappa shape index (κ3) is 4.39. The van der Waals surface area contributed by atoms with Crippen LogP contribution < -0.4 is 5.73 Å². The van der Waals surface area contributed by atoms with E-state index in [2.05, 4.69) is 0 Å². The SMILES string of the molecule is COCC(O)(CCCN)Cc1ccc(Cl)s1. The Morgan fingerprint density at radius 3 is 2.81 bits per heavy atom. The summed E-state index contributed by atoms with van der Waals surface area (Å²) < 4.78 is 5.81. The molecule has 0 aliphatic carbocycles. The fourth-order valence-corrected chi connectivity index (χ4v) is 2.91. The van der Waals surface area contributed by atoms with E-state index in [1.54, 1.807) is 7.11 Å². The molecule has 1 aromatic rings. The highest BCUT2D eigenvalue weighted by Crippen LogP contribution is 2.27. The van der Waals surface area contributed by atoms with E-state index in [1.807, 2.05) is 12.1 Å². The zero-order chi connectivity index (χ0) is 12.0. The average molecular weight is 264 g/mol. The molecule has 0 fully saturated rings. The Kier molecular flexibility index (Phi) is 5.72. The van der Waals surface area contributed by atoms with Gasteiger partial charge < -0.3 is 15.6 Å². The summed E-state index contributed by atoms with van der Waals surface area (Å²) in [7, 11) is 1.59. The minimum atomic E-state index is -0.831. The van der Waals surface area contributed by atoms with Crippen molar-refractivity contribution in [2.45, 2.75) is 24.9 Å². The van der Waals surface area contributed by atoms with Crippen LogP contribution in [-0.4, -0.2) is 31.0 Å². The highest BCUT2D eigenvalue weighted by Gasteiger charge is 2.27. The molecule has 0 bridgehead atoms. The molecule has 1 rings (SSSR count). The molecule has 16 heavy (non-hydrogen) atoms. The zero-order valence-corrected chi connectivity index (χ0v) is 11.0. The molecule has 92 valence electrons. The molecule has 3 N–H and O–H groups in total. The monoisotopic (exact) mass is 263 g/mol. The standard InChI is InChI=1S/C11H18ClNO2S/c1-15-8-11(14,5-2-6-13)7-9-3-4-10(12)16-9/h3-4,14H,2,5-8,13H2,1H3. The van der Waals surface area contributed by atoms with Crippen LogP contribution >= 0.6 is 22.9 Å². The number of methoxy groups -OCH3 is 1. The van der Waals surface area contributed by atoms with Gasteiger partial charge in [-0.15, -0.1) is 11.3 Å². The normalized spacial score (nSPS) is 15.0. The second kappa shape index (κ2) is 6.57. The highest BCUT2D eigenvalue weighted by atomic mass is 35.5. The van der Waals surface area contributed by atoms with Crippen molar-refractivity contribution in [2.75, 3.05) is 20.3 Å². The van der Waals surface area contributed by atoms with Gasteiger partial charge in [0.1, 0.15) is 0 Å². The number of nitrogens with two attached hydrogens (primary N) is 1. The van der Waals surface area contributed by atoms with Crippen molar-refractivity contribution in [1.82, 2.24) is 0 Å². The van der Waals surface area contributed by atoms with Gasteiger partial charge in [0, 0.05) is 18.4 Å². The molecule has 1 unspecified atom stereocenters. The fourth-order valence-electron chi connectivity index (χ4n) is 1.68. The van der Waals surface area contributed by atoms with E-state index >= 15 is 0 Å². The van der Waals surface area contributed by atoms with Crippen molar-refractivity contribution in [1.29, 1.82) is 0 Å². The van der Waals surface area contributed by atoms with Gasteiger partial charge >= 0.3 is 0 Å². The molecule has 5 heteroatoms. The van der Waals surface area contributed by atoms with E-state index in [0.717, 1.165) is 15.6 Å². The van der Waals surface area contributed by atoms with Crippen molar-refractivity contribution in [3.63, 3.8) is 0 Å². The van der Waals surface area contributed by atoms with Gasteiger partial charge in [-0.25, -0.2) is 0 Å². The molecule has 1 heterocycles. The maximum atomic E-state index is 10.4. The number of aliphatic hydroxyl groups is 1. The van der Waals surface area contributed by atoms with Crippen molar-refractivity contribution in [2.24, 2.45) is 5.73 Å². The van der Waals surface area contributed by atoms with Crippen LogP contribution in [0.1, 0.15) is 17.7 Å². The van der Waals surface area contributed by atoms with Crippen LogP contribution in [0.2, 0.25) is 4.34 Å². The lowest BCUT2D eigenvalue weighted by atomic mass is 9.94. The molecule has 0 saturated carbocycles. The molecule has 0 saturated heterocycles. The number of hydrogen-bond donors (Lipinski definition) is 2. The second-order valence-corrected chi connectivity index (χ2v) is 5.73. The summed E-state index contributed by atoms with van der Waals surface area (Å²) in [6, 6.07) is 3.79. The van der Waals surface area contributed by atoms with Gasteiger partial charge in [-0.05, 0) is 31.5 Å². The van der Waals surface area contributed by atoms with E-state index < -0.39 is 5.60 Å². The van der Waals surface area contributed by atoms with Gasteiger partial charge in [-0.1, -0.05) is 11.6 Å². The number of ether oxygens (including phenoxy) is 1. The molecule has 0 radical (unpaired) electrons. The Hall–Kier alpha value is -0.130. The van der Waals surface area contributed by atoms with Crippen molar-refractivity contribution >= 4 is 22.9 Å². The van der Waals surface area contributed by atoms with Crippen LogP contribution in [0.25, 0.3) is 0 Å². The summed E-state index contributed by atoms with van der Waals surface area (Å²) >= 11 is 7.35. The lowest BCUT2D eigenvalue weighted by Gasteiger charge is -2.26. The maximum Gasteiger partial charge on any atom is 0.0931 e. The molecule has 1 aromatic heterocycles. The summed E-state index contributed by atoms with van der Waals surface area (Å²) in [5.41, 5.74) is 4.63. The number of thiophene rings is 1.